The zero-order valence-corrected chi connectivity index (χ0v) is 29.9. The highest BCUT2D eigenvalue weighted by Gasteiger charge is 2.10. The van der Waals surface area contributed by atoms with Crippen LogP contribution < -0.4 is 0 Å². The van der Waals surface area contributed by atoms with Gasteiger partial charge in [-0.1, -0.05) is 213 Å². The molecular formula is C39H78O2S. The Kier molecular flexibility index (Phi) is 36.9. The van der Waals surface area contributed by atoms with Crippen LogP contribution in [0.25, 0.3) is 0 Å². The quantitative estimate of drug-likeness (QED) is 0.0711. The van der Waals surface area contributed by atoms with E-state index in [1.165, 1.54) is 212 Å². The van der Waals surface area contributed by atoms with E-state index in [1.54, 1.807) is 0 Å². The molecule has 0 heterocycles. The van der Waals surface area contributed by atoms with E-state index in [4.69, 9.17) is 5.11 Å². The number of aliphatic carboxylic acids is 1. The molecule has 0 fully saturated rings. The molecule has 1 N–H and O–H groups in total. The Bertz CT molecular complexity index is 509. The van der Waals surface area contributed by atoms with E-state index >= 15 is 0 Å². The molecule has 0 spiro atoms. The van der Waals surface area contributed by atoms with E-state index in [2.05, 4.69) is 13.8 Å². The highest BCUT2D eigenvalue weighted by molar-refractivity contribution is 7.99. The lowest BCUT2D eigenvalue weighted by molar-refractivity contribution is -0.136. The first-order chi connectivity index (χ1) is 20.7. The molecule has 0 saturated heterocycles. The van der Waals surface area contributed by atoms with Gasteiger partial charge in [0.15, 0.2) is 0 Å². The molecular weight excluding hydrogens is 532 g/mol. The topological polar surface area (TPSA) is 37.3 Å². The fourth-order valence-electron chi connectivity index (χ4n) is 6.29. The van der Waals surface area contributed by atoms with Gasteiger partial charge in [-0.25, -0.2) is 0 Å². The molecule has 0 saturated carbocycles. The van der Waals surface area contributed by atoms with Crippen LogP contribution in [0.4, 0.5) is 0 Å². The molecule has 0 amide bonds. The average molecular weight is 611 g/mol. The van der Waals surface area contributed by atoms with Crippen molar-refractivity contribution < 1.29 is 9.90 Å². The van der Waals surface area contributed by atoms with Gasteiger partial charge in [-0.15, -0.1) is 0 Å². The lowest BCUT2D eigenvalue weighted by atomic mass is 10.0. The van der Waals surface area contributed by atoms with Crippen LogP contribution in [0.1, 0.15) is 232 Å². The zero-order chi connectivity index (χ0) is 30.6. The van der Waals surface area contributed by atoms with Crippen molar-refractivity contribution in [1.82, 2.24) is 0 Å². The lowest BCUT2D eigenvalue weighted by Crippen LogP contribution is -2.06. The van der Waals surface area contributed by atoms with Crippen LogP contribution in [-0.4, -0.2) is 22.1 Å². The Balaban J connectivity index is 3.62. The fourth-order valence-corrected chi connectivity index (χ4v) is 7.58. The maximum atomic E-state index is 11.0. The fraction of sp³-hybridized carbons (Fsp3) is 0.974. The van der Waals surface area contributed by atoms with Crippen molar-refractivity contribution in [3.63, 3.8) is 0 Å². The predicted octanol–water partition coefficient (Wildman–Crippen LogP) is 14.5. The van der Waals surface area contributed by atoms with Gasteiger partial charge in [-0.05, 0) is 12.8 Å². The van der Waals surface area contributed by atoms with Gasteiger partial charge >= 0.3 is 5.97 Å². The summed E-state index contributed by atoms with van der Waals surface area (Å²) in [7, 11) is 0. The van der Waals surface area contributed by atoms with Crippen molar-refractivity contribution in [2.45, 2.75) is 237 Å². The van der Waals surface area contributed by atoms with Gasteiger partial charge in [0.25, 0.3) is 0 Å². The Labute approximate surface area is 270 Å². The van der Waals surface area contributed by atoms with E-state index in [9.17, 15) is 4.79 Å². The molecule has 1 unspecified atom stereocenters. The first kappa shape index (κ1) is 41.8. The first-order valence-electron chi connectivity index (χ1n) is 19.5. The molecule has 0 radical (unpaired) electrons. The Morgan fingerprint density at radius 2 is 0.667 bits per heavy atom. The molecule has 0 rings (SSSR count). The highest BCUT2D eigenvalue weighted by Crippen LogP contribution is 2.25. The van der Waals surface area contributed by atoms with Crippen molar-refractivity contribution in [2.24, 2.45) is 0 Å². The summed E-state index contributed by atoms with van der Waals surface area (Å²) in [5.41, 5.74) is 0. The number of hydrogen-bond acceptors (Lipinski definition) is 2. The molecule has 0 aliphatic heterocycles. The Morgan fingerprint density at radius 1 is 0.429 bits per heavy atom. The normalized spacial score (nSPS) is 12.2. The summed E-state index contributed by atoms with van der Waals surface area (Å²) in [6, 6.07) is 0. The van der Waals surface area contributed by atoms with Crippen LogP contribution in [0.5, 0.6) is 0 Å². The summed E-state index contributed by atoms with van der Waals surface area (Å²) < 4.78 is 0. The van der Waals surface area contributed by atoms with Crippen LogP contribution in [0.15, 0.2) is 0 Å². The third kappa shape index (κ3) is 36.0. The molecule has 1 atom stereocenters. The minimum Gasteiger partial charge on any atom is -0.481 e. The van der Waals surface area contributed by atoms with E-state index < -0.39 is 5.97 Å². The number of unbranched alkanes of at least 4 members (excludes halogenated alkanes) is 29. The third-order valence-corrected chi connectivity index (χ3v) is 10.6. The molecule has 0 aromatic carbocycles. The minimum atomic E-state index is -0.643. The predicted molar refractivity (Wildman–Crippen MR) is 192 cm³/mol. The van der Waals surface area contributed by atoms with Gasteiger partial charge in [0.05, 0.1) is 6.42 Å². The molecule has 0 aliphatic carbocycles. The largest absolute Gasteiger partial charge is 0.481 e. The van der Waals surface area contributed by atoms with Crippen molar-refractivity contribution in [3.8, 4) is 0 Å². The first-order valence-corrected chi connectivity index (χ1v) is 20.6. The third-order valence-electron chi connectivity index (χ3n) is 9.18. The van der Waals surface area contributed by atoms with Gasteiger partial charge in [0, 0.05) is 11.0 Å². The van der Waals surface area contributed by atoms with Crippen molar-refractivity contribution in [1.29, 1.82) is 0 Å². The van der Waals surface area contributed by atoms with Crippen LogP contribution >= 0.6 is 11.8 Å². The maximum Gasteiger partial charge on any atom is 0.304 e. The second kappa shape index (κ2) is 37.0. The number of carboxylic acids is 1. The van der Waals surface area contributed by atoms with E-state index in [0.29, 0.717) is 11.7 Å². The molecule has 2 nitrogen and oxygen atoms in total. The molecule has 0 bridgehead atoms. The summed E-state index contributed by atoms with van der Waals surface area (Å²) in [6.45, 7) is 4.59. The molecule has 0 aromatic rings. The van der Waals surface area contributed by atoms with Crippen LogP contribution in [0, 0.1) is 0 Å². The molecule has 42 heavy (non-hydrogen) atoms. The van der Waals surface area contributed by atoms with Crippen molar-refractivity contribution in [2.75, 3.05) is 5.75 Å². The van der Waals surface area contributed by atoms with Gasteiger partial charge in [0.2, 0.25) is 0 Å². The van der Waals surface area contributed by atoms with Crippen LogP contribution in [0.3, 0.4) is 0 Å². The number of carboxylic acid groups (broad SMARTS) is 1. The summed E-state index contributed by atoms with van der Waals surface area (Å²) in [6.07, 6.45) is 46.9. The highest BCUT2D eigenvalue weighted by atomic mass is 32.2. The number of rotatable bonds is 37. The summed E-state index contributed by atoms with van der Waals surface area (Å²) >= 11 is 1.94. The van der Waals surface area contributed by atoms with Gasteiger partial charge < -0.3 is 5.11 Å². The zero-order valence-electron chi connectivity index (χ0n) is 29.1. The minimum absolute atomic E-state index is 0.318. The summed E-state index contributed by atoms with van der Waals surface area (Å²) in [5.74, 6) is 0.146. The molecule has 252 valence electrons. The number of carbonyl (C=O) groups is 1. The van der Waals surface area contributed by atoms with E-state index in [-0.39, 0.29) is 0 Å². The molecule has 0 aromatic heterocycles. The maximum absolute atomic E-state index is 11.0. The smallest absolute Gasteiger partial charge is 0.304 e. The average Bonchev–Trinajstić information content (AvgIpc) is 2.98. The van der Waals surface area contributed by atoms with Crippen molar-refractivity contribution >= 4 is 17.7 Å². The summed E-state index contributed by atoms with van der Waals surface area (Å²) in [5, 5.41) is 9.73. The SMILES string of the molecule is CCCCCCCCCCCCCCCCCCC(CCCCCCCCCCCCCCCCC)SCCC(=O)O. The van der Waals surface area contributed by atoms with Gasteiger partial charge in [-0.2, -0.15) is 11.8 Å². The number of hydrogen-bond donors (Lipinski definition) is 1. The van der Waals surface area contributed by atoms with Crippen molar-refractivity contribution in [3.05, 3.63) is 0 Å². The lowest BCUT2D eigenvalue weighted by Gasteiger charge is -2.16. The molecule has 0 aliphatic rings. The Hall–Kier alpha value is -0.180. The number of thioether (sulfide) groups is 1. The summed E-state index contributed by atoms with van der Waals surface area (Å²) in [4.78, 5) is 11.0. The molecule has 3 heteroatoms. The Morgan fingerprint density at radius 3 is 0.905 bits per heavy atom. The van der Waals surface area contributed by atoms with Crippen LogP contribution in [-0.2, 0) is 4.79 Å². The van der Waals surface area contributed by atoms with Gasteiger partial charge in [0.1, 0.15) is 0 Å². The van der Waals surface area contributed by atoms with Crippen LogP contribution in [0.2, 0.25) is 0 Å². The standard InChI is InChI=1S/C39H78O2S/c1-3-5-7-9-11-13-15-17-19-21-23-25-27-29-31-33-35-38(42-37-36-39(40)41)34-32-30-28-26-24-22-20-18-16-14-12-10-8-6-4-2/h38H,3-37H2,1-2H3,(H,40,41). The van der Waals surface area contributed by atoms with E-state index in [0.717, 1.165) is 5.75 Å². The second-order valence-electron chi connectivity index (χ2n) is 13.5. The second-order valence-corrected chi connectivity index (χ2v) is 14.9. The van der Waals surface area contributed by atoms with Gasteiger partial charge in [-0.3, -0.25) is 4.79 Å². The monoisotopic (exact) mass is 611 g/mol. The van der Waals surface area contributed by atoms with E-state index in [1.807, 2.05) is 11.8 Å².